The molecule has 1 unspecified atom stereocenters. The summed E-state index contributed by atoms with van der Waals surface area (Å²) in [7, 11) is 4.35. The molecule has 6 heteroatoms. The molecule has 0 spiro atoms. The second-order valence-corrected chi connectivity index (χ2v) is 6.81. The highest BCUT2D eigenvalue weighted by molar-refractivity contribution is 5.09. The van der Waals surface area contributed by atoms with E-state index in [1.165, 1.54) is 12.8 Å². The van der Waals surface area contributed by atoms with Crippen LogP contribution in [0, 0.1) is 0 Å². The van der Waals surface area contributed by atoms with Crippen molar-refractivity contribution in [3.05, 3.63) is 11.7 Å². The molecule has 0 bridgehead atoms. The van der Waals surface area contributed by atoms with E-state index in [4.69, 9.17) is 10.3 Å². The van der Waals surface area contributed by atoms with Crippen LogP contribution in [0.15, 0.2) is 4.52 Å². The molecule has 0 radical (unpaired) electrons. The van der Waals surface area contributed by atoms with E-state index in [1.54, 1.807) is 0 Å². The molecule has 1 atom stereocenters. The first-order chi connectivity index (χ1) is 10.1. The first-order valence-corrected chi connectivity index (χ1v) is 8.05. The second kappa shape index (κ2) is 6.02. The van der Waals surface area contributed by atoms with Crippen LogP contribution >= 0.6 is 0 Å². The zero-order valence-electron chi connectivity index (χ0n) is 13.2. The van der Waals surface area contributed by atoms with Gasteiger partial charge in [-0.05, 0) is 26.9 Å². The molecule has 1 saturated heterocycles. The van der Waals surface area contributed by atoms with Crippen LogP contribution in [0.2, 0.25) is 0 Å². The van der Waals surface area contributed by atoms with Crippen LogP contribution in [-0.2, 0) is 11.8 Å². The van der Waals surface area contributed by atoms with Crippen LogP contribution in [0.5, 0.6) is 0 Å². The summed E-state index contributed by atoms with van der Waals surface area (Å²) >= 11 is 0. The normalized spacial score (nSPS) is 27.3. The molecule has 1 aromatic heterocycles. The van der Waals surface area contributed by atoms with Gasteiger partial charge in [0.2, 0.25) is 5.89 Å². The van der Waals surface area contributed by atoms with Crippen molar-refractivity contribution < 1.29 is 4.52 Å². The summed E-state index contributed by atoms with van der Waals surface area (Å²) in [6.07, 6.45) is 5.44. The van der Waals surface area contributed by atoms with E-state index in [0.717, 1.165) is 50.6 Å². The van der Waals surface area contributed by atoms with Crippen molar-refractivity contribution in [1.82, 2.24) is 19.9 Å². The zero-order chi connectivity index (χ0) is 14.9. The standard InChI is InChI=1S/C15H27N5O/c1-19-7-8-20(2)12(10-19)9-13-17-14(21-18-13)15(11-16)5-3-4-6-15/h12H,3-11,16H2,1-2H3. The summed E-state index contributed by atoms with van der Waals surface area (Å²) < 4.78 is 5.57. The molecule has 0 aromatic carbocycles. The van der Waals surface area contributed by atoms with Gasteiger partial charge in [0.15, 0.2) is 5.82 Å². The first kappa shape index (κ1) is 14.9. The lowest BCUT2D eigenvalue weighted by molar-refractivity contribution is 0.113. The van der Waals surface area contributed by atoms with Gasteiger partial charge in [0, 0.05) is 38.6 Å². The third kappa shape index (κ3) is 2.98. The lowest BCUT2D eigenvalue weighted by atomic mass is 9.86. The number of nitrogens with zero attached hydrogens (tertiary/aromatic N) is 4. The Bertz CT molecular complexity index is 468. The number of hydrogen-bond donors (Lipinski definition) is 1. The molecule has 1 saturated carbocycles. The third-order valence-electron chi connectivity index (χ3n) is 5.27. The quantitative estimate of drug-likeness (QED) is 0.878. The summed E-state index contributed by atoms with van der Waals surface area (Å²) in [5.41, 5.74) is 5.94. The molecule has 1 aliphatic heterocycles. The SMILES string of the molecule is CN1CCN(C)C(Cc2noc(C3(CN)CCCC3)n2)C1. The predicted molar refractivity (Wildman–Crippen MR) is 81.1 cm³/mol. The Morgan fingerprint density at radius 3 is 2.76 bits per heavy atom. The van der Waals surface area contributed by atoms with Gasteiger partial charge >= 0.3 is 0 Å². The molecule has 1 aliphatic carbocycles. The van der Waals surface area contributed by atoms with E-state index < -0.39 is 0 Å². The fourth-order valence-electron chi connectivity index (χ4n) is 3.64. The van der Waals surface area contributed by atoms with Gasteiger partial charge < -0.3 is 20.1 Å². The van der Waals surface area contributed by atoms with E-state index >= 15 is 0 Å². The minimum atomic E-state index is -0.0551. The highest BCUT2D eigenvalue weighted by Crippen LogP contribution is 2.39. The monoisotopic (exact) mass is 293 g/mol. The predicted octanol–water partition coefficient (Wildman–Crippen LogP) is 0.628. The number of hydrogen-bond acceptors (Lipinski definition) is 6. The summed E-state index contributed by atoms with van der Waals surface area (Å²) in [6.45, 7) is 3.89. The van der Waals surface area contributed by atoms with Crippen molar-refractivity contribution in [1.29, 1.82) is 0 Å². The number of rotatable bonds is 4. The van der Waals surface area contributed by atoms with Crippen LogP contribution in [0.3, 0.4) is 0 Å². The lowest BCUT2D eigenvalue weighted by Gasteiger charge is -2.37. The lowest BCUT2D eigenvalue weighted by Crippen LogP contribution is -2.50. The molecular formula is C15H27N5O. The Labute approximate surface area is 126 Å². The Kier molecular flexibility index (Phi) is 4.28. The van der Waals surface area contributed by atoms with Gasteiger partial charge in [0.1, 0.15) is 0 Å². The molecular weight excluding hydrogens is 266 g/mol. The summed E-state index contributed by atoms with van der Waals surface area (Å²) in [5.74, 6) is 1.60. The van der Waals surface area contributed by atoms with Gasteiger partial charge in [0.05, 0.1) is 5.41 Å². The van der Waals surface area contributed by atoms with Crippen molar-refractivity contribution in [2.45, 2.75) is 43.6 Å². The van der Waals surface area contributed by atoms with E-state index in [2.05, 4.69) is 34.0 Å². The number of piperazine rings is 1. The maximum atomic E-state index is 5.99. The molecule has 118 valence electrons. The van der Waals surface area contributed by atoms with Gasteiger partial charge in [0.25, 0.3) is 0 Å². The number of nitrogens with two attached hydrogens (primary N) is 1. The summed E-state index contributed by atoms with van der Waals surface area (Å²) in [4.78, 5) is 9.44. The molecule has 6 nitrogen and oxygen atoms in total. The van der Waals surface area contributed by atoms with E-state index in [0.29, 0.717) is 12.6 Å². The molecule has 1 aromatic rings. The van der Waals surface area contributed by atoms with E-state index in [1.807, 2.05) is 0 Å². The highest BCUT2D eigenvalue weighted by atomic mass is 16.5. The van der Waals surface area contributed by atoms with Crippen molar-refractivity contribution in [3.63, 3.8) is 0 Å². The average molecular weight is 293 g/mol. The van der Waals surface area contributed by atoms with Crippen molar-refractivity contribution in [2.24, 2.45) is 5.73 Å². The van der Waals surface area contributed by atoms with Crippen LogP contribution in [0.1, 0.15) is 37.4 Å². The summed E-state index contributed by atoms with van der Waals surface area (Å²) in [5, 5.41) is 4.22. The number of likely N-dealkylation sites (N-methyl/N-ethyl adjacent to an activating group) is 2. The van der Waals surface area contributed by atoms with Gasteiger partial charge in [-0.15, -0.1) is 0 Å². The second-order valence-electron chi connectivity index (χ2n) is 6.81. The Morgan fingerprint density at radius 2 is 2.05 bits per heavy atom. The van der Waals surface area contributed by atoms with E-state index in [9.17, 15) is 0 Å². The molecule has 3 rings (SSSR count). The minimum absolute atomic E-state index is 0.0551. The van der Waals surface area contributed by atoms with Crippen LogP contribution in [0.25, 0.3) is 0 Å². The fourth-order valence-corrected chi connectivity index (χ4v) is 3.64. The van der Waals surface area contributed by atoms with Crippen LogP contribution in [0.4, 0.5) is 0 Å². The van der Waals surface area contributed by atoms with Gasteiger partial charge in [-0.2, -0.15) is 4.98 Å². The van der Waals surface area contributed by atoms with E-state index in [-0.39, 0.29) is 5.41 Å². The third-order valence-corrected chi connectivity index (χ3v) is 5.27. The van der Waals surface area contributed by atoms with Crippen LogP contribution < -0.4 is 5.73 Å². The molecule has 2 heterocycles. The van der Waals surface area contributed by atoms with Gasteiger partial charge in [-0.1, -0.05) is 18.0 Å². The molecule has 2 aliphatic rings. The average Bonchev–Trinajstić information content (AvgIpc) is 3.12. The molecule has 2 fully saturated rings. The van der Waals surface area contributed by atoms with Crippen LogP contribution in [-0.4, -0.2) is 66.3 Å². The fraction of sp³-hybridized carbons (Fsp3) is 0.867. The Hall–Kier alpha value is -0.980. The smallest absolute Gasteiger partial charge is 0.234 e. The van der Waals surface area contributed by atoms with Crippen molar-refractivity contribution in [3.8, 4) is 0 Å². The zero-order valence-corrected chi connectivity index (χ0v) is 13.2. The first-order valence-electron chi connectivity index (χ1n) is 8.05. The largest absolute Gasteiger partial charge is 0.339 e. The highest BCUT2D eigenvalue weighted by Gasteiger charge is 2.39. The van der Waals surface area contributed by atoms with Gasteiger partial charge in [-0.3, -0.25) is 0 Å². The minimum Gasteiger partial charge on any atom is -0.339 e. The Morgan fingerprint density at radius 1 is 1.29 bits per heavy atom. The van der Waals surface area contributed by atoms with Crippen molar-refractivity contribution in [2.75, 3.05) is 40.3 Å². The maximum Gasteiger partial charge on any atom is 0.234 e. The molecule has 21 heavy (non-hydrogen) atoms. The van der Waals surface area contributed by atoms with Gasteiger partial charge in [-0.25, -0.2) is 0 Å². The van der Waals surface area contributed by atoms with Crippen molar-refractivity contribution >= 4 is 0 Å². The molecule has 0 amide bonds. The molecule has 2 N–H and O–H groups in total. The number of aromatic nitrogens is 2. The Balaban J connectivity index is 1.70. The topological polar surface area (TPSA) is 71.4 Å². The summed E-state index contributed by atoms with van der Waals surface area (Å²) in [6, 6.07) is 0.464. The maximum absolute atomic E-state index is 5.99.